The van der Waals surface area contributed by atoms with Gasteiger partial charge in [-0.1, -0.05) is 41.0 Å². The van der Waals surface area contributed by atoms with E-state index in [0.717, 1.165) is 41.4 Å². The molecule has 0 saturated heterocycles. The van der Waals surface area contributed by atoms with E-state index < -0.39 is 0 Å². The van der Waals surface area contributed by atoms with Crippen LogP contribution in [0.1, 0.15) is 47.5 Å². The molecule has 2 saturated carbocycles. The minimum absolute atomic E-state index is 0.993. The second-order valence-corrected chi connectivity index (χ2v) is 6.10. The van der Waals surface area contributed by atoms with Gasteiger partial charge >= 0.3 is 0 Å². The molecule has 2 aliphatic carbocycles. The van der Waals surface area contributed by atoms with E-state index in [-0.39, 0.29) is 0 Å². The lowest BCUT2D eigenvalue weighted by molar-refractivity contribution is 0.393. The zero-order chi connectivity index (χ0) is 10.5. The molecule has 2 aliphatic rings. The van der Waals surface area contributed by atoms with Crippen molar-refractivity contribution in [2.24, 2.45) is 41.4 Å². The summed E-state index contributed by atoms with van der Waals surface area (Å²) in [6.45, 7) is 12.2. The van der Waals surface area contributed by atoms with Crippen LogP contribution in [0.3, 0.4) is 0 Å². The van der Waals surface area contributed by atoms with Crippen LogP contribution in [0.15, 0.2) is 0 Å². The summed E-state index contributed by atoms with van der Waals surface area (Å²) in [4.78, 5) is 0. The molecule has 0 aromatic heterocycles. The molecule has 0 aromatic rings. The van der Waals surface area contributed by atoms with Crippen molar-refractivity contribution >= 4 is 0 Å². The van der Waals surface area contributed by atoms with Gasteiger partial charge < -0.3 is 0 Å². The minimum Gasteiger partial charge on any atom is -0.0651 e. The summed E-state index contributed by atoms with van der Waals surface area (Å²) in [6.07, 6.45) is 2.92. The highest BCUT2D eigenvalue weighted by atomic mass is 14.6. The Kier molecular flexibility index (Phi) is 2.66. The summed E-state index contributed by atoms with van der Waals surface area (Å²) in [5, 5.41) is 0. The van der Waals surface area contributed by atoms with Gasteiger partial charge in [-0.05, 0) is 47.8 Å². The molecule has 0 spiro atoms. The topological polar surface area (TPSA) is 0 Å². The third-order valence-electron chi connectivity index (χ3n) is 5.45. The Bertz CT molecular complexity index is 200. The van der Waals surface area contributed by atoms with Crippen molar-refractivity contribution < 1.29 is 0 Å². The van der Waals surface area contributed by atoms with E-state index in [1.54, 1.807) is 0 Å². The zero-order valence-electron chi connectivity index (χ0n) is 10.5. The predicted molar refractivity (Wildman–Crippen MR) is 62.0 cm³/mol. The fraction of sp³-hybridized carbons (Fsp3) is 1.00. The third kappa shape index (κ3) is 1.61. The van der Waals surface area contributed by atoms with Crippen molar-refractivity contribution in [1.29, 1.82) is 0 Å². The van der Waals surface area contributed by atoms with Gasteiger partial charge in [0.25, 0.3) is 0 Å². The van der Waals surface area contributed by atoms with Crippen LogP contribution in [-0.2, 0) is 0 Å². The molecular weight excluding hydrogens is 168 g/mol. The molecule has 0 aromatic carbocycles. The van der Waals surface area contributed by atoms with Gasteiger partial charge in [0, 0.05) is 0 Å². The van der Waals surface area contributed by atoms with Gasteiger partial charge in [0.05, 0.1) is 0 Å². The zero-order valence-corrected chi connectivity index (χ0v) is 10.5. The second kappa shape index (κ2) is 3.54. The quantitative estimate of drug-likeness (QED) is 0.629. The Morgan fingerprint density at radius 1 is 0.929 bits per heavy atom. The highest BCUT2D eigenvalue weighted by Gasteiger charge is 2.51. The molecule has 0 nitrogen and oxygen atoms in total. The van der Waals surface area contributed by atoms with Gasteiger partial charge in [0.15, 0.2) is 0 Å². The molecular formula is C14H26. The van der Waals surface area contributed by atoms with E-state index in [4.69, 9.17) is 0 Å². The van der Waals surface area contributed by atoms with Crippen LogP contribution in [0.25, 0.3) is 0 Å². The average Bonchev–Trinajstić information content (AvgIpc) is 2.97. The van der Waals surface area contributed by atoms with Gasteiger partial charge in [-0.2, -0.15) is 0 Å². The first-order chi connectivity index (χ1) is 6.57. The van der Waals surface area contributed by atoms with Crippen LogP contribution in [0.2, 0.25) is 0 Å². The largest absolute Gasteiger partial charge is 0.0651 e. The molecule has 0 amide bonds. The van der Waals surface area contributed by atoms with Crippen molar-refractivity contribution in [2.45, 2.75) is 47.5 Å². The van der Waals surface area contributed by atoms with Gasteiger partial charge in [-0.15, -0.1) is 0 Å². The average molecular weight is 194 g/mol. The van der Waals surface area contributed by atoms with Crippen molar-refractivity contribution in [2.75, 3.05) is 0 Å². The Hall–Kier alpha value is 0. The lowest BCUT2D eigenvalue weighted by atomic mass is 9.95. The van der Waals surface area contributed by atoms with E-state index >= 15 is 0 Å². The highest BCUT2D eigenvalue weighted by Crippen LogP contribution is 2.57. The van der Waals surface area contributed by atoms with Crippen LogP contribution in [-0.4, -0.2) is 0 Å². The lowest BCUT2D eigenvalue weighted by Crippen LogP contribution is -2.02. The first kappa shape index (κ1) is 10.5. The van der Waals surface area contributed by atoms with Crippen molar-refractivity contribution in [3.63, 3.8) is 0 Å². The first-order valence-corrected chi connectivity index (χ1v) is 6.57. The standard InChI is InChI=1S/C14H26/c1-6-12-11(5)14(12)8(2)7-13-9(3)10(13)4/h8-14H,6-7H2,1-5H3. The van der Waals surface area contributed by atoms with Crippen molar-refractivity contribution in [3.8, 4) is 0 Å². The molecule has 2 rings (SSSR count). The molecule has 6 unspecified atom stereocenters. The maximum atomic E-state index is 2.49. The van der Waals surface area contributed by atoms with Crippen molar-refractivity contribution in [3.05, 3.63) is 0 Å². The fourth-order valence-electron chi connectivity index (χ4n) is 3.94. The Morgan fingerprint density at radius 3 is 1.86 bits per heavy atom. The summed E-state index contributed by atoms with van der Waals surface area (Å²) in [6, 6.07) is 0. The van der Waals surface area contributed by atoms with Crippen LogP contribution in [0, 0.1) is 41.4 Å². The van der Waals surface area contributed by atoms with E-state index in [2.05, 4.69) is 34.6 Å². The van der Waals surface area contributed by atoms with Crippen LogP contribution in [0.4, 0.5) is 0 Å². The lowest BCUT2D eigenvalue weighted by Gasteiger charge is -2.10. The molecule has 0 aliphatic heterocycles. The monoisotopic (exact) mass is 194 g/mol. The predicted octanol–water partition coefficient (Wildman–Crippen LogP) is 4.21. The number of hydrogen-bond acceptors (Lipinski definition) is 0. The molecule has 2 fully saturated rings. The maximum absolute atomic E-state index is 2.49. The summed E-state index contributed by atoms with van der Waals surface area (Å²) in [7, 11) is 0. The fourth-order valence-corrected chi connectivity index (χ4v) is 3.94. The number of rotatable bonds is 4. The normalized spacial score (nSPS) is 52.9. The summed E-state index contributed by atoms with van der Waals surface area (Å²) in [5.41, 5.74) is 0. The molecule has 14 heavy (non-hydrogen) atoms. The smallest absolute Gasteiger partial charge is 0.0329 e. The summed E-state index contributed by atoms with van der Waals surface area (Å²) >= 11 is 0. The molecule has 0 radical (unpaired) electrons. The first-order valence-electron chi connectivity index (χ1n) is 6.57. The Morgan fingerprint density at radius 2 is 1.50 bits per heavy atom. The van der Waals surface area contributed by atoms with Gasteiger partial charge in [0.2, 0.25) is 0 Å². The Labute approximate surface area is 89.5 Å². The number of hydrogen-bond donors (Lipinski definition) is 0. The van der Waals surface area contributed by atoms with Crippen molar-refractivity contribution in [1.82, 2.24) is 0 Å². The maximum Gasteiger partial charge on any atom is -0.0329 e. The van der Waals surface area contributed by atoms with Gasteiger partial charge in [-0.3, -0.25) is 0 Å². The Balaban J connectivity index is 1.77. The SMILES string of the molecule is CCC1C(C)C1C(C)CC1C(C)C1C. The minimum atomic E-state index is 0.993. The van der Waals surface area contributed by atoms with Gasteiger partial charge in [-0.25, -0.2) is 0 Å². The molecule has 6 atom stereocenters. The molecule has 82 valence electrons. The molecule has 0 heteroatoms. The molecule has 0 N–H and O–H groups in total. The van der Waals surface area contributed by atoms with Gasteiger partial charge in [0.1, 0.15) is 0 Å². The van der Waals surface area contributed by atoms with E-state index in [9.17, 15) is 0 Å². The summed E-state index contributed by atoms with van der Waals surface area (Å²) < 4.78 is 0. The highest BCUT2D eigenvalue weighted by molar-refractivity contribution is 4.99. The second-order valence-electron chi connectivity index (χ2n) is 6.10. The van der Waals surface area contributed by atoms with Crippen LogP contribution >= 0.6 is 0 Å². The third-order valence-corrected chi connectivity index (χ3v) is 5.45. The molecule has 0 heterocycles. The van der Waals surface area contributed by atoms with E-state index in [1.807, 2.05) is 0 Å². The van der Waals surface area contributed by atoms with Crippen LogP contribution in [0.5, 0.6) is 0 Å². The van der Waals surface area contributed by atoms with E-state index in [0.29, 0.717) is 0 Å². The summed E-state index contributed by atoms with van der Waals surface area (Å²) in [5.74, 6) is 7.26. The molecule has 0 bridgehead atoms. The van der Waals surface area contributed by atoms with Crippen LogP contribution < -0.4 is 0 Å². The van der Waals surface area contributed by atoms with E-state index in [1.165, 1.54) is 12.8 Å².